The monoisotopic (exact) mass is 323 g/mol. The maximum Gasteiger partial charge on any atom is 0.237 e. The van der Waals surface area contributed by atoms with Crippen molar-refractivity contribution in [2.24, 2.45) is 11.7 Å². The van der Waals surface area contributed by atoms with E-state index in [9.17, 15) is 13.2 Å². The quantitative estimate of drug-likeness (QED) is 0.680. The molecule has 1 heterocycles. The number of sulfonamides is 1. The number of rotatable bonds is 7. The Morgan fingerprint density at radius 1 is 1.40 bits per heavy atom. The van der Waals surface area contributed by atoms with Crippen LogP contribution in [0.25, 0.3) is 0 Å². The molecule has 1 amide bonds. The lowest BCUT2D eigenvalue weighted by atomic mass is 9.99. The van der Waals surface area contributed by atoms with Crippen LogP contribution in [0.4, 0.5) is 0 Å². The Balaban J connectivity index is 2.37. The van der Waals surface area contributed by atoms with Gasteiger partial charge in [-0.25, -0.2) is 12.7 Å². The Kier molecular flexibility index (Phi) is 7.28. The third-order valence-electron chi connectivity index (χ3n) is 3.58. The molecule has 1 aliphatic rings. The van der Waals surface area contributed by atoms with Crippen LogP contribution in [0.3, 0.4) is 0 Å². The zero-order valence-corrected chi connectivity index (χ0v) is 13.8. The second-order valence-corrected chi connectivity index (χ2v) is 8.34. The highest BCUT2D eigenvalue weighted by molar-refractivity contribution is 7.99. The maximum atomic E-state index is 12.1. The molecule has 3 N–H and O–H groups in total. The molecule has 1 fully saturated rings. The van der Waals surface area contributed by atoms with Gasteiger partial charge >= 0.3 is 0 Å². The molecule has 0 aromatic rings. The lowest BCUT2D eigenvalue weighted by Gasteiger charge is -2.25. The number of nitrogens with zero attached hydrogens (tertiary/aromatic N) is 1. The average molecular weight is 323 g/mol. The predicted octanol–water partition coefficient (Wildman–Crippen LogP) is -0.145. The van der Waals surface area contributed by atoms with Crippen molar-refractivity contribution in [2.75, 3.05) is 36.9 Å². The first kappa shape index (κ1) is 17.7. The van der Waals surface area contributed by atoms with Gasteiger partial charge in [0.05, 0.1) is 11.8 Å². The molecule has 0 aliphatic carbocycles. The minimum Gasteiger partial charge on any atom is -0.354 e. The summed E-state index contributed by atoms with van der Waals surface area (Å²) in [7, 11) is -3.27. The van der Waals surface area contributed by atoms with Gasteiger partial charge in [-0.15, -0.1) is 0 Å². The van der Waals surface area contributed by atoms with Crippen LogP contribution in [-0.4, -0.2) is 61.6 Å². The summed E-state index contributed by atoms with van der Waals surface area (Å²) in [6.07, 6.45) is 0.818. The average Bonchev–Trinajstić information content (AvgIpc) is 2.46. The largest absolute Gasteiger partial charge is 0.354 e. The van der Waals surface area contributed by atoms with Gasteiger partial charge in [0.2, 0.25) is 15.9 Å². The van der Waals surface area contributed by atoms with Gasteiger partial charge in [-0.1, -0.05) is 20.3 Å². The Bertz CT molecular complexity index is 408. The highest BCUT2D eigenvalue weighted by Crippen LogP contribution is 2.13. The lowest BCUT2D eigenvalue weighted by Crippen LogP contribution is -2.47. The van der Waals surface area contributed by atoms with E-state index in [1.807, 2.05) is 13.8 Å². The lowest BCUT2D eigenvalue weighted by molar-refractivity contribution is -0.123. The molecule has 2 unspecified atom stereocenters. The Morgan fingerprint density at radius 3 is 2.55 bits per heavy atom. The van der Waals surface area contributed by atoms with E-state index in [4.69, 9.17) is 5.73 Å². The fourth-order valence-corrected chi connectivity index (χ4v) is 4.38. The normalized spacial score (nSPS) is 20.4. The summed E-state index contributed by atoms with van der Waals surface area (Å²) >= 11 is 1.76. The van der Waals surface area contributed by atoms with Gasteiger partial charge in [0.1, 0.15) is 0 Å². The highest BCUT2D eigenvalue weighted by atomic mass is 32.2. The molecule has 0 spiro atoms. The molecule has 0 saturated carbocycles. The van der Waals surface area contributed by atoms with Crippen LogP contribution in [0.1, 0.15) is 20.3 Å². The topological polar surface area (TPSA) is 92.5 Å². The summed E-state index contributed by atoms with van der Waals surface area (Å²) in [6.45, 7) is 5.12. The number of thioether (sulfide) groups is 1. The molecule has 118 valence electrons. The first-order valence-electron chi connectivity index (χ1n) is 6.97. The molecule has 1 saturated heterocycles. The van der Waals surface area contributed by atoms with Gasteiger partial charge in [0.25, 0.3) is 0 Å². The number of nitrogens with two attached hydrogens (primary N) is 1. The van der Waals surface area contributed by atoms with Crippen molar-refractivity contribution >= 4 is 27.7 Å². The van der Waals surface area contributed by atoms with E-state index in [1.54, 1.807) is 11.8 Å². The Hall–Kier alpha value is -0.310. The zero-order valence-electron chi connectivity index (χ0n) is 12.2. The molecular weight excluding hydrogens is 298 g/mol. The Morgan fingerprint density at radius 2 is 2.00 bits per heavy atom. The first-order chi connectivity index (χ1) is 9.38. The van der Waals surface area contributed by atoms with Crippen LogP contribution in [0.15, 0.2) is 0 Å². The van der Waals surface area contributed by atoms with E-state index in [1.165, 1.54) is 4.31 Å². The van der Waals surface area contributed by atoms with Crippen molar-refractivity contribution in [3.63, 3.8) is 0 Å². The number of amides is 1. The minimum absolute atomic E-state index is 0.0589. The second kappa shape index (κ2) is 8.21. The number of nitrogens with one attached hydrogen (secondary N) is 1. The molecule has 0 radical (unpaired) electrons. The van der Waals surface area contributed by atoms with Crippen molar-refractivity contribution in [2.45, 2.75) is 26.3 Å². The molecule has 0 aromatic carbocycles. The minimum atomic E-state index is -3.27. The number of carbonyl (C=O) groups excluding carboxylic acids is 1. The number of hydrogen-bond acceptors (Lipinski definition) is 5. The summed E-state index contributed by atoms with van der Waals surface area (Å²) in [5, 5.41) is 2.62. The molecule has 20 heavy (non-hydrogen) atoms. The molecule has 1 aliphatic heterocycles. The Labute approximate surface area is 125 Å². The van der Waals surface area contributed by atoms with Crippen LogP contribution in [-0.2, 0) is 14.8 Å². The van der Waals surface area contributed by atoms with Gasteiger partial charge in [-0.2, -0.15) is 11.8 Å². The highest BCUT2D eigenvalue weighted by Gasteiger charge is 2.25. The number of hydrogen-bond donors (Lipinski definition) is 2. The van der Waals surface area contributed by atoms with Gasteiger partial charge in [0.15, 0.2) is 0 Å². The van der Waals surface area contributed by atoms with Crippen LogP contribution in [0.2, 0.25) is 0 Å². The smallest absolute Gasteiger partial charge is 0.237 e. The summed E-state index contributed by atoms with van der Waals surface area (Å²) in [5.41, 5.74) is 5.79. The van der Waals surface area contributed by atoms with E-state index >= 15 is 0 Å². The summed E-state index contributed by atoms with van der Waals surface area (Å²) < 4.78 is 25.6. The van der Waals surface area contributed by atoms with E-state index in [-0.39, 0.29) is 24.1 Å². The third kappa shape index (κ3) is 5.23. The first-order valence-corrected chi connectivity index (χ1v) is 9.73. The SMILES string of the molecule is CCC(C)C(N)C(=O)NCCS(=O)(=O)N1CCSCC1. The molecule has 0 aromatic heterocycles. The zero-order chi connectivity index (χ0) is 15.2. The molecular formula is C12H25N3O3S2. The molecule has 8 heteroatoms. The van der Waals surface area contributed by atoms with E-state index < -0.39 is 16.1 Å². The molecule has 0 bridgehead atoms. The van der Waals surface area contributed by atoms with Gasteiger partial charge < -0.3 is 11.1 Å². The third-order valence-corrected chi connectivity index (χ3v) is 6.40. The van der Waals surface area contributed by atoms with Crippen LogP contribution in [0, 0.1) is 5.92 Å². The van der Waals surface area contributed by atoms with Gasteiger partial charge in [0, 0.05) is 31.1 Å². The van der Waals surface area contributed by atoms with Crippen molar-refractivity contribution in [3.05, 3.63) is 0 Å². The predicted molar refractivity (Wildman–Crippen MR) is 83.1 cm³/mol. The maximum absolute atomic E-state index is 12.1. The van der Waals surface area contributed by atoms with E-state index in [0.29, 0.717) is 13.1 Å². The van der Waals surface area contributed by atoms with E-state index in [0.717, 1.165) is 17.9 Å². The summed E-state index contributed by atoms with van der Waals surface area (Å²) in [4.78, 5) is 11.8. The van der Waals surface area contributed by atoms with Gasteiger partial charge in [-0.3, -0.25) is 4.79 Å². The van der Waals surface area contributed by atoms with Gasteiger partial charge in [-0.05, 0) is 5.92 Å². The summed E-state index contributed by atoms with van der Waals surface area (Å²) in [6, 6.07) is -0.575. The van der Waals surface area contributed by atoms with E-state index in [2.05, 4.69) is 5.32 Å². The van der Waals surface area contributed by atoms with Crippen molar-refractivity contribution < 1.29 is 13.2 Å². The van der Waals surface area contributed by atoms with Crippen LogP contribution in [0.5, 0.6) is 0 Å². The fraction of sp³-hybridized carbons (Fsp3) is 0.917. The van der Waals surface area contributed by atoms with Crippen molar-refractivity contribution in [3.8, 4) is 0 Å². The standard InChI is InChI=1S/C12H25N3O3S2/c1-3-10(2)11(13)12(16)14-4-9-20(17,18)15-5-7-19-8-6-15/h10-11H,3-9,13H2,1-2H3,(H,14,16). The van der Waals surface area contributed by atoms with Crippen LogP contribution < -0.4 is 11.1 Å². The number of carbonyl (C=O) groups is 1. The molecule has 2 atom stereocenters. The van der Waals surface area contributed by atoms with Crippen LogP contribution >= 0.6 is 11.8 Å². The van der Waals surface area contributed by atoms with Crippen molar-refractivity contribution in [1.82, 2.24) is 9.62 Å². The second-order valence-electron chi connectivity index (χ2n) is 5.03. The molecule has 6 nitrogen and oxygen atoms in total. The molecule has 1 rings (SSSR count). The van der Waals surface area contributed by atoms with Crippen molar-refractivity contribution in [1.29, 1.82) is 0 Å². The summed E-state index contributed by atoms with van der Waals surface area (Å²) in [5.74, 6) is 1.43. The fourth-order valence-electron chi connectivity index (χ4n) is 1.89.